The molecule has 1 saturated heterocycles. The summed E-state index contributed by atoms with van der Waals surface area (Å²) in [5.41, 5.74) is 3.00. The summed E-state index contributed by atoms with van der Waals surface area (Å²) < 4.78 is 17.3. The second-order valence-corrected chi connectivity index (χ2v) is 10.4. The highest BCUT2D eigenvalue weighted by Crippen LogP contribution is 2.36. The monoisotopic (exact) mass is 571 g/mol. The van der Waals surface area contributed by atoms with Gasteiger partial charge in [0.05, 0.1) is 6.26 Å². The van der Waals surface area contributed by atoms with Crippen LogP contribution in [0.1, 0.15) is 28.4 Å². The average molecular weight is 572 g/mol. The number of carbonyl (C=O) groups is 1. The molecule has 0 unspecified atom stereocenters. The third kappa shape index (κ3) is 5.70. The van der Waals surface area contributed by atoms with Crippen LogP contribution >= 0.6 is 0 Å². The van der Waals surface area contributed by atoms with E-state index >= 15 is 0 Å². The summed E-state index contributed by atoms with van der Waals surface area (Å²) >= 11 is 0. The van der Waals surface area contributed by atoms with Crippen molar-refractivity contribution in [3.8, 4) is 22.8 Å². The maximum absolute atomic E-state index is 13.0. The van der Waals surface area contributed by atoms with Crippen molar-refractivity contribution in [3.63, 3.8) is 0 Å². The van der Waals surface area contributed by atoms with Crippen LogP contribution in [0.2, 0.25) is 0 Å². The second-order valence-electron chi connectivity index (χ2n) is 10.4. The summed E-state index contributed by atoms with van der Waals surface area (Å²) in [4.78, 5) is 27.0. The molecular formula is C34H29N5O4. The maximum atomic E-state index is 13.0. The SMILES string of the molecule is O=C(c1ccco1)N1CCCN(c2nc(Cc3ccccc3)nc3onc(-c4cccc(Oc5ccccc5)c4)c23)CC1. The van der Waals surface area contributed by atoms with Crippen LogP contribution in [0.3, 0.4) is 0 Å². The first-order chi connectivity index (χ1) is 21.2. The van der Waals surface area contributed by atoms with Gasteiger partial charge in [-0.25, -0.2) is 4.98 Å². The Morgan fingerprint density at radius 3 is 2.44 bits per heavy atom. The van der Waals surface area contributed by atoms with Gasteiger partial charge in [0, 0.05) is 38.2 Å². The molecule has 1 aliphatic heterocycles. The predicted molar refractivity (Wildman–Crippen MR) is 162 cm³/mol. The van der Waals surface area contributed by atoms with E-state index in [2.05, 4.69) is 22.2 Å². The quantitative estimate of drug-likeness (QED) is 0.211. The van der Waals surface area contributed by atoms with Crippen LogP contribution in [0.5, 0.6) is 11.5 Å². The standard InChI is InChI=1S/C34H29N5O4/c40-34(28-16-8-21-41-28)39-18-9-17-38(19-20-39)32-30-31(25-12-7-15-27(23-25)42-26-13-5-2-6-14-26)37-43-33(30)36-29(35-32)22-24-10-3-1-4-11-24/h1-8,10-16,21,23H,9,17-20,22H2. The smallest absolute Gasteiger partial charge is 0.289 e. The van der Waals surface area contributed by atoms with Crippen molar-refractivity contribution in [1.82, 2.24) is 20.0 Å². The predicted octanol–water partition coefficient (Wildman–Crippen LogP) is 6.61. The largest absolute Gasteiger partial charge is 0.459 e. The van der Waals surface area contributed by atoms with E-state index in [9.17, 15) is 4.79 Å². The van der Waals surface area contributed by atoms with Crippen molar-refractivity contribution in [1.29, 1.82) is 0 Å². The molecule has 9 heteroatoms. The molecule has 1 aliphatic rings. The molecule has 7 rings (SSSR count). The topological polar surface area (TPSA) is 97.7 Å². The molecule has 0 atom stereocenters. The summed E-state index contributed by atoms with van der Waals surface area (Å²) in [5.74, 6) is 3.06. The van der Waals surface area contributed by atoms with Gasteiger partial charge in [0.1, 0.15) is 34.2 Å². The zero-order chi connectivity index (χ0) is 29.0. The fraction of sp³-hybridized carbons (Fsp3) is 0.176. The van der Waals surface area contributed by atoms with E-state index in [4.69, 9.17) is 23.6 Å². The van der Waals surface area contributed by atoms with E-state index in [1.165, 1.54) is 6.26 Å². The van der Waals surface area contributed by atoms with Gasteiger partial charge in [0.15, 0.2) is 5.76 Å². The Bertz CT molecular complexity index is 1840. The molecule has 6 aromatic rings. The lowest BCUT2D eigenvalue weighted by Gasteiger charge is -2.23. The van der Waals surface area contributed by atoms with Gasteiger partial charge in [-0.15, -0.1) is 0 Å². The third-order valence-corrected chi connectivity index (χ3v) is 7.47. The van der Waals surface area contributed by atoms with Crippen LogP contribution in [0, 0.1) is 0 Å². The summed E-state index contributed by atoms with van der Waals surface area (Å²) in [5, 5.41) is 5.22. The summed E-state index contributed by atoms with van der Waals surface area (Å²) in [6.45, 7) is 2.45. The molecule has 9 nitrogen and oxygen atoms in total. The molecular weight excluding hydrogens is 542 g/mol. The van der Waals surface area contributed by atoms with Gasteiger partial charge in [-0.05, 0) is 48.4 Å². The van der Waals surface area contributed by atoms with Crippen LogP contribution in [0.4, 0.5) is 5.82 Å². The van der Waals surface area contributed by atoms with E-state index in [-0.39, 0.29) is 5.91 Å². The highest BCUT2D eigenvalue weighted by Gasteiger charge is 2.27. The van der Waals surface area contributed by atoms with Crippen LogP contribution in [0.25, 0.3) is 22.4 Å². The number of benzene rings is 3. The molecule has 0 bridgehead atoms. The van der Waals surface area contributed by atoms with Gasteiger partial charge < -0.3 is 23.5 Å². The number of carbonyl (C=O) groups excluding carboxylic acids is 1. The fourth-order valence-electron chi connectivity index (χ4n) is 5.38. The maximum Gasteiger partial charge on any atom is 0.289 e. The lowest BCUT2D eigenvalue weighted by Crippen LogP contribution is -2.35. The number of amides is 1. The van der Waals surface area contributed by atoms with E-state index in [1.54, 1.807) is 12.1 Å². The first kappa shape index (κ1) is 26.5. The van der Waals surface area contributed by atoms with Crippen molar-refractivity contribution in [2.45, 2.75) is 12.8 Å². The summed E-state index contributed by atoms with van der Waals surface area (Å²) in [6, 6.07) is 31.0. The zero-order valence-corrected chi connectivity index (χ0v) is 23.4. The zero-order valence-electron chi connectivity index (χ0n) is 23.4. The summed E-state index contributed by atoms with van der Waals surface area (Å²) in [6.07, 6.45) is 2.85. The minimum absolute atomic E-state index is 0.106. The number of para-hydroxylation sites is 1. The molecule has 4 heterocycles. The minimum Gasteiger partial charge on any atom is -0.459 e. The highest BCUT2D eigenvalue weighted by molar-refractivity contribution is 5.98. The molecule has 1 amide bonds. The molecule has 3 aromatic heterocycles. The Morgan fingerprint density at radius 2 is 1.63 bits per heavy atom. The van der Waals surface area contributed by atoms with E-state index in [1.807, 2.05) is 77.7 Å². The van der Waals surface area contributed by atoms with E-state index in [0.717, 1.165) is 34.5 Å². The molecule has 1 fully saturated rings. The number of hydrogen-bond donors (Lipinski definition) is 0. The van der Waals surface area contributed by atoms with Crippen molar-refractivity contribution in [2.75, 3.05) is 31.1 Å². The van der Waals surface area contributed by atoms with Gasteiger partial charge in [0.2, 0.25) is 0 Å². The molecule has 0 saturated carbocycles. The molecule has 3 aromatic carbocycles. The van der Waals surface area contributed by atoms with Gasteiger partial charge in [-0.1, -0.05) is 65.8 Å². The van der Waals surface area contributed by atoms with Crippen LogP contribution in [-0.4, -0.2) is 52.1 Å². The van der Waals surface area contributed by atoms with Crippen molar-refractivity contribution >= 4 is 22.8 Å². The molecule has 0 N–H and O–H groups in total. The first-order valence-corrected chi connectivity index (χ1v) is 14.3. The highest BCUT2D eigenvalue weighted by atomic mass is 16.5. The number of fused-ring (bicyclic) bond motifs is 1. The number of hydrogen-bond acceptors (Lipinski definition) is 8. The molecule has 0 spiro atoms. The Balaban J connectivity index is 1.25. The number of rotatable bonds is 7. The Labute approximate surface area is 248 Å². The second kappa shape index (κ2) is 11.8. The van der Waals surface area contributed by atoms with E-state index in [0.29, 0.717) is 61.3 Å². The lowest BCUT2D eigenvalue weighted by atomic mass is 10.1. The molecule has 0 radical (unpaired) electrons. The summed E-state index contributed by atoms with van der Waals surface area (Å²) in [7, 11) is 0. The normalized spacial score (nSPS) is 13.7. The van der Waals surface area contributed by atoms with Crippen molar-refractivity contribution < 1.29 is 18.5 Å². The number of aromatic nitrogens is 3. The number of anilines is 1. The van der Waals surface area contributed by atoms with Crippen LogP contribution in [-0.2, 0) is 6.42 Å². The van der Waals surface area contributed by atoms with Gasteiger partial charge in [-0.3, -0.25) is 4.79 Å². The van der Waals surface area contributed by atoms with Crippen LogP contribution in [0.15, 0.2) is 112 Å². The molecule has 214 valence electrons. The van der Waals surface area contributed by atoms with Crippen molar-refractivity contribution in [2.24, 2.45) is 0 Å². The number of furan rings is 1. The number of nitrogens with zero attached hydrogens (tertiary/aromatic N) is 5. The Hall–Kier alpha value is -5.44. The van der Waals surface area contributed by atoms with Crippen molar-refractivity contribution in [3.05, 3.63) is 120 Å². The molecule has 0 aliphatic carbocycles. The Kier molecular flexibility index (Phi) is 7.27. The van der Waals surface area contributed by atoms with Gasteiger partial charge in [0.25, 0.3) is 11.6 Å². The minimum atomic E-state index is -0.106. The first-order valence-electron chi connectivity index (χ1n) is 14.3. The average Bonchev–Trinajstić information content (AvgIpc) is 3.67. The molecule has 43 heavy (non-hydrogen) atoms. The Morgan fingerprint density at radius 1 is 0.814 bits per heavy atom. The van der Waals surface area contributed by atoms with Gasteiger partial charge >= 0.3 is 0 Å². The van der Waals surface area contributed by atoms with Crippen LogP contribution < -0.4 is 9.64 Å². The lowest BCUT2D eigenvalue weighted by molar-refractivity contribution is 0.0735. The third-order valence-electron chi connectivity index (χ3n) is 7.47. The number of ether oxygens (including phenoxy) is 1. The van der Waals surface area contributed by atoms with Gasteiger partial charge in [-0.2, -0.15) is 4.98 Å². The fourth-order valence-corrected chi connectivity index (χ4v) is 5.38. The van der Waals surface area contributed by atoms with E-state index < -0.39 is 0 Å².